The second kappa shape index (κ2) is 23.2. The van der Waals surface area contributed by atoms with Gasteiger partial charge in [-0.3, -0.25) is 38.4 Å². The molecule has 3 atom stereocenters. The number of anilines is 2. The van der Waals surface area contributed by atoms with Gasteiger partial charge in [0.05, 0.1) is 64.9 Å². The van der Waals surface area contributed by atoms with Crippen LogP contribution in [0.5, 0.6) is 0 Å². The van der Waals surface area contributed by atoms with Gasteiger partial charge in [0, 0.05) is 101 Å². The third kappa shape index (κ3) is 12.9. The SMILES string of the molecule is Cc1ncsc1-c1ccc(CNC(=O)[C@@H]2C[C@@H](O)CN2C(=O)[C@@H](NC(=O)CCOCCC(=O)NCCN2CCN(C(=O)c3ccc(Nc4nc(C5CC5)cn5c(-c6cn[nH]c6)cnc45)c(F)c3)CC2)C(C)(C)C)cc1. The number of H-pyrrole nitrogens is 1. The van der Waals surface area contributed by atoms with Gasteiger partial charge in [-0.15, -0.1) is 11.3 Å². The van der Waals surface area contributed by atoms with Crippen LogP contribution in [-0.2, 0) is 30.5 Å². The van der Waals surface area contributed by atoms with Crippen molar-refractivity contribution in [1.29, 1.82) is 0 Å². The van der Waals surface area contributed by atoms with Crippen LogP contribution in [0.3, 0.4) is 0 Å². The molecule has 1 saturated carbocycles. The van der Waals surface area contributed by atoms with E-state index in [1.807, 2.05) is 62.6 Å². The Morgan fingerprint density at radius 3 is 2.39 bits per heavy atom. The minimum Gasteiger partial charge on any atom is -0.391 e. The van der Waals surface area contributed by atoms with Gasteiger partial charge in [-0.1, -0.05) is 45.0 Å². The fourth-order valence-corrected chi connectivity index (χ4v) is 10.2. The van der Waals surface area contributed by atoms with Crippen LogP contribution in [0.4, 0.5) is 15.9 Å². The molecule has 0 bridgehead atoms. The summed E-state index contributed by atoms with van der Waals surface area (Å²) >= 11 is 1.56. The number of aromatic amines is 1. The Kier molecular flexibility index (Phi) is 16.3. The van der Waals surface area contributed by atoms with Crippen LogP contribution < -0.4 is 21.3 Å². The van der Waals surface area contributed by atoms with Crippen molar-refractivity contribution in [3.05, 3.63) is 101 Å². The molecule has 20 nitrogen and oxygen atoms in total. The van der Waals surface area contributed by atoms with E-state index in [4.69, 9.17) is 9.72 Å². The normalized spacial score (nSPS) is 17.5. The number of aromatic nitrogens is 6. The first kappa shape index (κ1) is 52.7. The number of nitrogens with zero attached hydrogens (tertiary/aromatic N) is 8. The monoisotopic (exact) mass is 1050 g/mol. The first-order valence-corrected chi connectivity index (χ1v) is 26.3. The number of carbonyl (C=O) groups is 5. The molecule has 6 heterocycles. The van der Waals surface area contributed by atoms with E-state index >= 15 is 4.39 Å². The third-order valence-corrected chi connectivity index (χ3v) is 14.8. The van der Waals surface area contributed by atoms with Crippen LogP contribution >= 0.6 is 11.3 Å². The quantitative estimate of drug-likeness (QED) is 0.0565. The van der Waals surface area contributed by atoms with Crippen molar-refractivity contribution in [3.63, 3.8) is 0 Å². The highest BCUT2D eigenvalue weighted by Crippen LogP contribution is 2.41. The maximum atomic E-state index is 15.7. The summed E-state index contributed by atoms with van der Waals surface area (Å²) in [6.07, 6.45) is 8.50. The molecule has 2 aromatic carbocycles. The number of aliphatic hydroxyl groups is 1. The summed E-state index contributed by atoms with van der Waals surface area (Å²) in [7, 11) is 0. The average molecular weight is 1050 g/mol. The zero-order valence-electron chi connectivity index (χ0n) is 42.6. The largest absolute Gasteiger partial charge is 0.391 e. The second-order valence-corrected chi connectivity index (χ2v) is 21.3. The standard InChI is InChI=1S/C53H64FN13O7S/c1-32-46(75-31-58-32)35-7-5-33(6-8-35)25-57-50(71)42-24-38(68)29-67(42)52(73)47(53(2,3)4)63-45(70)14-22-74-21-13-44(69)55-15-16-64-17-19-65(20-18-64)51(72)36-11-12-40(39(54)23-36)61-48-49-56-28-43(37-26-59-60-27-37)66(49)30-41(62-48)34-9-10-34/h5-8,11-12,23,26-28,30-31,34,38,42,47,68H,9-10,13-22,24-25,29H2,1-4H3,(H,55,69)(H,57,71)(H,59,60)(H,61,62)(H,63,70)/t38-,42+,47-/m1/s1. The van der Waals surface area contributed by atoms with E-state index in [1.54, 1.807) is 52.5 Å². The Hall–Kier alpha value is -7.14. The van der Waals surface area contributed by atoms with Gasteiger partial charge in [0.1, 0.15) is 17.9 Å². The van der Waals surface area contributed by atoms with Gasteiger partial charge in [0.2, 0.25) is 23.6 Å². The van der Waals surface area contributed by atoms with Crippen molar-refractivity contribution in [2.45, 2.75) is 90.4 Å². The number of carbonyl (C=O) groups excluding carboxylic acids is 5. The molecule has 0 unspecified atom stereocenters. The van der Waals surface area contributed by atoms with E-state index < -0.39 is 41.2 Å². The molecule has 3 fully saturated rings. The molecule has 5 amide bonds. The van der Waals surface area contributed by atoms with Crippen molar-refractivity contribution in [1.82, 2.24) is 60.2 Å². The lowest BCUT2D eigenvalue weighted by Gasteiger charge is -2.35. The van der Waals surface area contributed by atoms with Crippen LogP contribution in [0, 0.1) is 18.2 Å². The van der Waals surface area contributed by atoms with Crippen LogP contribution in [-0.4, -0.2) is 156 Å². The minimum atomic E-state index is -0.980. The fraction of sp³-hybridized carbons (Fsp3) is 0.453. The van der Waals surface area contributed by atoms with Gasteiger partial charge >= 0.3 is 0 Å². The molecule has 396 valence electrons. The molecule has 1 aliphatic carbocycles. The smallest absolute Gasteiger partial charge is 0.254 e. The first-order valence-electron chi connectivity index (χ1n) is 25.4. The van der Waals surface area contributed by atoms with Crippen molar-refractivity contribution < 1.29 is 38.2 Å². The predicted molar refractivity (Wildman–Crippen MR) is 279 cm³/mol. The molecule has 75 heavy (non-hydrogen) atoms. The number of benzene rings is 2. The van der Waals surface area contributed by atoms with Gasteiger partial charge in [-0.2, -0.15) is 5.10 Å². The van der Waals surface area contributed by atoms with Crippen LogP contribution in [0.25, 0.3) is 27.3 Å². The number of β-amino-alcohol motifs (C(OH)–C–C–N with tert-alkyl or cyclic N) is 1. The summed E-state index contributed by atoms with van der Waals surface area (Å²) in [4.78, 5) is 86.7. The Labute approximate surface area is 437 Å². The molecule has 9 rings (SSSR count). The van der Waals surface area contributed by atoms with Crippen LogP contribution in [0.15, 0.2) is 72.8 Å². The summed E-state index contributed by atoms with van der Waals surface area (Å²) in [5, 5.41) is 29.2. The number of aliphatic hydroxyl groups excluding tert-OH is 1. The summed E-state index contributed by atoms with van der Waals surface area (Å²) in [6, 6.07) is 10.3. The lowest BCUT2D eigenvalue weighted by atomic mass is 9.85. The number of fused-ring (bicyclic) bond motifs is 1. The van der Waals surface area contributed by atoms with E-state index in [-0.39, 0.29) is 74.5 Å². The minimum absolute atomic E-state index is 0.0231. The molecular weight excluding hydrogens is 982 g/mol. The molecule has 6 aromatic rings. The van der Waals surface area contributed by atoms with Crippen LogP contribution in [0.2, 0.25) is 0 Å². The number of thiazole rings is 1. The Morgan fingerprint density at radius 1 is 0.947 bits per heavy atom. The van der Waals surface area contributed by atoms with E-state index in [0.717, 1.165) is 51.5 Å². The number of hydrogen-bond acceptors (Lipinski definition) is 14. The zero-order chi connectivity index (χ0) is 52.8. The number of halogens is 1. The highest BCUT2D eigenvalue weighted by atomic mass is 32.1. The summed E-state index contributed by atoms with van der Waals surface area (Å²) in [5.74, 6) is -1.58. The van der Waals surface area contributed by atoms with Gasteiger partial charge in [0.15, 0.2) is 11.5 Å². The maximum absolute atomic E-state index is 15.7. The van der Waals surface area contributed by atoms with Crippen molar-refractivity contribution in [2.24, 2.45) is 5.41 Å². The lowest BCUT2D eigenvalue weighted by molar-refractivity contribution is -0.144. The van der Waals surface area contributed by atoms with Crippen molar-refractivity contribution in [3.8, 4) is 21.7 Å². The van der Waals surface area contributed by atoms with Gasteiger partial charge in [0.25, 0.3) is 5.91 Å². The zero-order valence-corrected chi connectivity index (χ0v) is 43.4. The molecule has 4 aromatic heterocycles. The molecular formula is C53H64FN13O7S. The molecule has 6 N–H and O–H groups in total. The number of piperazine rings is 1. The summed E-state index contributed by atoms with van der Waals surface area (Å²) in [5.41, 5.74) is 7.50. The van der Waals surface area contributed by atoms with Gasteiger partial charge in [-0.05, 0) is 54.5 Å². The Morgan fingerprint density at radius 2 is 1.71 bits per heavy atom. The fourth-order valence-electron chi connectivity index (χ4n) is 9.39. The average Bonchev–Trinajstić information content (AvgIpc) is 3.71. The van der Waals surface area contributed by atoms with Crippen molar-refractivity contribution >= 4 is 58.0 Å². The number of nitrogens with one attached hydrogen (secondary N) is 5. The molecule has 3 aliphatic rings. The highest BCUT2D eigenvalue weighted by molar-refractivity contribution is 7.13. The van der Waals surface area contributed by atoms with E-state index in [1.165, 1.54) is 11.0 Å². The second-order valence-electron chi connectivity index (χ2n) is 20.5. The molecule has 0 radical (unpaired) electrons. The van der Waals surface area contributed by atoms with Crippen molar-refractivity contribution in [2.75, 3.05) is 64.3 Å². The number of amides is 5. The van der Waals surface area contributed by atoms with Gasteiger partial charge < -0.3 is 40.9 Å². The van der Waals surface area contributed by atoms with E-state index in [0.29, 0.717) is 56.7 Å². The Balaban J connectivity index is 0.661. The number of rotatable bonds is 20. The topological polar surface area (TPSA) is 244 Å². The number of imidazole rings is 1. The summed E-state index contributed by atoms with van der Waals surface area (Å²) < 4.78 is 23.2. The van der Waals surface area contributed by atoms with E-state index in [9.17, 15) is 29.1 Å². The number of ether oxygens (including phenoxy) is 1. The first-order chi connectivity index (χ1) is 36.1. The summed E-state index contributed by atoms with van der Waals surface area (Å²) in [6.45, 7) is 10.8. The third-order valence-electron chi connectivity index (χ3n) is 13.8. The number of hydrogen-bond donors (Lipinski definition) is 6. The van der Waals surface area contributed by atoms with Crippen LogP contribution in [0.1, 0.15) is 86.1 Å². The Bertz CT molecular complexity index is 3000. The predicted octanol–water partition coefficient (Wildman–Crippen LogP) is 4.79. The van der Waals surface area contributed by atoms with Gasteiger partial charge in [-0.25, -0.2) is 19.3 Å². The number of aryl methyl sites for hydroxylation is 1. The molecule has 0 spiro atoms. The lowest BCUT2D eigenvalue weighted by Crippen LogP contribution is -2.57. The maximum Gasteiger partial charge on any atom is 0.254 e. The molecule has 22 heteroatoms. The number of likely N-dealkylation sites (tertiary alicyclic amines) is 1. The highest BCUT2D eigenvalue weighted by Gasteiger charge is 2.44. The molecule has 2 saturated heterocycles. The van der Waals surface area contributed by atoms with E-state index in [2.05, 4.69) is 46.3 Å². The molecule has 2 aliphatic heterocycles.